The van der Waals surface area contributed by atoms with Crippen LogP contribution in [0.15, 0.2) is 24.3 Å². The second-order valence-electron chi connectivity index (χ2n) is 3.96. The van der Waals surface area contributed by atoms with Gasteiger partial charge in [0.2, 0.25) is 0 Å². The monoisotopic (exact) mass is 282 g/mol. The van der Waals surface area contributed by atoms with E-state index >= 15 is 0 Å². The zero-order chi connectivity index (χ0) is 14.5. The molecule has 0 aliphatic rings. The van der Waals surface area contributed by atoms with Crippen LogP contribution in [-0.2, 0) is 14.2 Å². The second-order valence-corrected chi connectivity index (χ2v) is 3.96. The van der Waals surface area contributed by atoms with Crippen molar-refractivity contribution in [1.82, 2.24) is 0 Å². The lowest BCUT2D eigenvalue weighted by molar-refractivity contribution is 0.0114. The predicted octanol–water partition coefficient (Wildman–Crippen LogP) is 1.95. The van der Waals surface area contributed by atoms with Crippen LogP contribution in [0.5, 0.6) is 5.75 Å². The van der Waals surface area contributed by atoms with Crippen LogP contribution in [-0.4, -0.2) is 52.5 Å². The first-order valence-electron chi connectivity index (χ1n) is 6.78. The number of benzene rings is 1. The SMILES string of the molecule is CCOCCOCCOCCOc1ccc(C=O)cc1. The highest BCUT2D eigenvalue weighted by molar-refractivity contribution is 5.74. The molecular formula is C15H22O5. The molecule has 0 saturated carbocycles. The minimum absolute atomic E-state index is 0.472. The van der Waals surface area contributed by atoms with E-state index in [0.717, 1.165) is 12.0 Å². The molecule has 20 heavy (non-hydrogen) atoms. The van der Waals surface area contributed by atoms with Crippen molar-refractivity contribution in [1.29, 1.82) is 0 Å². The van der Waals surface area contributed by atoms with E-state index in [1.54, 1.807) is 24.3 Å². The Labute approximate surface area is 119 Å². The van der Waals surface area contributed by atoms with Gasteiger partial charge in [-0.25, -0.2) is 0 Å². The summed E-state index contributed by atoms with van der Waals surface area (Å²) in [6.07, 6.45) is 0.804. The molecule has 5 nitrogen and oxygen atoms in total. The molecule has 0 atom stereocenters. The van der Waals surface area contributed by atoms with E-state index in [-0.39, 0.29) is 0 Å². The van der Waals surface area contributed by atoms with Gasteiger partial charge in [0.05, 0.1) is 33.0 Å². The fraction of sp³-hybridized carbons (Fsp3) is 0.533. The zero-order valence-corrected chi connectivity index (χ0v) is 11.9. The summed E-state index contributed by atoms with van der Waals surface area (Å²) in [5, 5.41) is 0. The lowest BCUT2D eigenvalue weighted by atomic mass is 10.2. The summed E-state index contributed by atoms with van der Waals surface area (Å²) < 4.78 is 21.3. The third-order valence-electron chi connectivity index (χ3n) is 2.46. The highest BCUT2D eigenvalue weighted by Gasteiger charge is 1.95. The summed E-state index contributed by atoms with van der Waals surface area (Å²) in [5.41, 5.74) is 0.637. The Morgan fingerprint density at radius 1 is 0.850 bits per heavy atom. The molecule has 5 heteroatoms. The van der Waals surface area contributed by atoms with E-state index in [1.807, 2.05) is 6.92 Å². The minimum Gasteiger partial charge on any atom is -0.491 e. The molecular weight excluding hydrogens is 260 g/mol. The number of ether oxygens (including phenoxy) is 4. The maximum Gasteiger partial charge on any atom is 0.150 e. The number of aldehydes is 1. The number of rotatable bonds is 12. The van der Waals surface area contributed by atoms with Gasteiger partial charge < -0.3 is 18.9 Å². The van der Waals surface area contributed by atoms with E-state index in [9.17, 15) is 4.79 Å². The van der Waals surface area contributed by atoms with Gasteiger partial charge in [0, 0.05) is 12.2 Å². The molecule has 0 aromatic heterocycles. The summed E-state index contributed by atoms with van der Waals surface area (Å²) >= 11 is 0. The van der Waals surface area contributed by atoms with Crippen molar-refractivity contribution in [3.63, 3.8) is 0 Å². The van der Waals surface area contributed by atoms with E-state index in [4.69, 9.17) is 18.9 Å². The first kappa shape index (κ1) is 16.6. The number of carbonyl (C=O) groups excluding carboxylic acids is 1. The molecule has 0 aliphatic carbocycles. The number of hydrogen-bond donors (Lipinski definition) is 0. The fourth-order valence-electron chi connectivity index (χ4n) is 1.45. The molecule has 0 unspecified atom stereocenters. The third-order valence-corrected chi connectivity index (χ3v) is 2.46. The molecule has 0 fully saturated rings. The van der Waals surface area contributed by atoms with E-state index < -0.39 is 0 Å². The van der Waals surface area contributed by atoms with Crippen LogP contribution < -0.4 is 4.74 Å². The number of hydrogen-bond acceptors (Lipinski definition) is 5. The van der Waals surface area contributed by atoms with E-state index in [0.29, 0.717) is 51.8 Å². The number of carbonyl (C=O) groups is 1. The third kappa shape index (κ3) is 7.89. The van der Waals surface area contributed by atoms with Crippen molar-refractivity contribution < 1.29 is 23.7 Å². The predicted molar refractivity (Wildman–Crippen MR) is 75.5 cm³/mol. The Bertz CT molecular complexity index is 350. The summed E-state index contributed by atoms with van der Waals surface area (Å²) in [6, 6.07) is 6.96. The molecule has 1 aromatic rings. The molecule has 0 saturated heterocycles. The van der Waals surface area contributed by atoms with Crippen LogP contribution in [0.4, 0.5) is 0 Å². The first-order valence-corrected chi connectivity index (χ1v) is 6.78. The Morgan fingerprint density at radius 3 is 1.95 bits per heavy atom. The molecule has 112 valence electrons. The molecule has 0 N–H and O–H groups in total. The van der Waals surface area contributed by atoms with Crippen LogP contribution in [0.1, 0.15) is 17.3 Å². The van der Waals surface area contributed by atoms with Gasteiger partial charge in [0.1, 0.15) is 18.6 Å². The molecule has 0 aliphatic heterocycles. The van der Waals surface area contributed by atoms with Crippen molar-refractivity contribution in [2.75, 3.05) is 46.2 Å². The average molecular weight is 282 g/mol. The molecule has 0 heterocycles. The van der Waals surface area contributed by atoms with Gasteiger partial charge in [0.25, 0.3) is 0 Å². The maximum absolute atomic E-state index is 10.5. The second kappa shape index (κ2) is 11.4. The van der Waals surface area contributed by atoms with Crippen LogP contribution in [0, 0.1) is 0 Å². The molecule has 1 rings (SSSR count). The van der Waals surface area contributed by atoms with E-state index in [1.165, 1.54) is 0 Å². The van der Waals surface area contributed by atoms with Gasteiger partial charge in [-0.2, -0.15) is 0 Å². The topological polar surface area (TPSA) is 54.0 Å². The maximum atomic E-state index is 10.5. The summed E-state index contributed by atoms with van der Waals surface area (Å²) in [4.78, 5) is 10.5. The summed E-state index contributed by atoms with van der Waals surface area (Å²) in [7, 11) is 0. The van der Waals surface area contributed by atoms with E-state index in [2.05, 4.69) is 0 Å². The van der Waals surface area contributed by atoms with Crippen LogP contribution in [0.2, 0.25) is 0 Å². The van der Waals surface area contributed by atoms with Gasteiger partial charge in [-0.15, -0.1) is 0 Å². The molecule has 0 spiro atoms. The standard InChI is InChI=1S/C15H22O5/c1-2-17-7-8-18-9-10-19-11-12-20-15-5-3-14(13-16)4-6-15/h3-6,13H,2,7-12H2,1H3. The minimum atomic E-state index is 0.472. The van der Waals surface area contributed by atoms with Gasteiger partial charge in [0.15, 0.2) is 0 Å². The van der Waals surface area contributed by atoms with Crippen LogP contribution in [0.25, 0.3) is 0 Å². The smallest absolute Gasteiger partial charge is 0.150 e. The Kier molecular flexibility index (Phi) is 9.48. The van der Waals surface area contributed by atoms with Gasteiger partial charge in [-0.3, -0.25) is 4.79 Å². The Morgan fingerprint density at radius 2 is 1.40 bits per heavy atom. The quantitative estimate of drug-likeness (QED) is 0.433. The van der Waals surface area contributed by atoms with Gasteiger partial charge in [-0.05, 0) is 31.2 Å². The van der Waals surface area contributed by atoms with Gasteiger partial charge in [-0.1, -0.05) is 0 Å². The largest absolute Gasteiger partial charge is 0.491 e. The average Bonchev–Trinajstić information content (AvgIpc) is 2.50. The molecule has 0 bridgehead atoms. The molecule has 0 radical (unpaired) electrons. The first-order chi connectivity index (χ1) is 9.86. The summed E-state index contributed by atoms with van der Waals surface area (Å²) in [6.45, 7) is 5.96. The van der Waals surface area contributed by atoms with Crippen molar-refractivity contribution in [2.24, 2.45) is 0 Å². The van der Waals surface area contributed by atoms with Crippen molar-refractivity contribution in [3.05, 3.63) is 29.8 Å². The lowest BCUT2D eigenvalue weighted by Crippen LogP contribution is -2.12. The Hall–Kier alpha value is -1.43. The normalized spacial score (nSPS) is 10.4. The summed E-state index contributed by atoms with van der Waals surface area (Å²) in [5.74, 6) is 0.729. The highest BCUT2D eigenvalue weighted by atomic mass is 16.6. The lowest BCUT2D eigenvalue weighted by Gasteiger charge is -2.08. The molecule has 1 aromatic carbocycles. The fourth-order valence-corrected chi connectivity index (χ4v) is 1.45. The highest BCUT2D eigenvalue weighted by Crippen LogP contribution is 2.10. The Balaban J connectivity index is 1.92. The van der Waals surface area contributed by atoms with Crippen molar-refractivity contribution >= 4 is 6.29 Å². The zero-order valence-electron chi connectivity index (χ0n) is 11.9. The molecule has 0 amide bonds. The van der Waals surface area contributed by atoms with Crippen molar-refractivity contribution in [3.8, 4) is 5.75 Å². The van der Waals surface area contributed by atoms with Crippen molar-refractivity contribution in [2.45, 2.75) is 6.92 Å². The van der Waals surface area contributed by atoms with Crippen LogP contribution in [0.3, 0.4) is 0 Å². The van der Waals surface area contributed by atoms with Crippen LogP contribution >= 0.6 is 0 Å². The van der Waals surface area contributed by atoms with Gasteiger partial charge >= 0.3 is 0 Å².